The highest BCUT2D eigenvalue weighted by Crippen LogP contribution is 2.19. The van der Waals surface area contributed by atoms with E-state index in [-0.39, 0.29) is 0 Å². The quantitative estimate of drug-likeness (QED) is 0.230. The molecule has 5 heteroatoms. The summed E-state index contributed by atoms with van der Waals surface area (Å²) < 4.78 is 32.3. The lowest BCUT2D eigenvalue weighted by Crippen LogP contribution is -2.33. The Balaban J connectivity index is 3.69. The Labute approximate surface area is 156 Å². The van der Waals surface area contributed by atoms with Crippen LogP contribution in [0.1, 0.15) is 117 Å². The molecule has 2 N–H and O–H groups in total. The van der Waals surface area contributed by atoms with Crippen molar-refractivity contribution in [1.29, 1.82) is 0 Å². The van der Waals surface area contributed by atoms with E-state index in [4.69, 9.17) is 0 Å². The molecule has 0 aromatic rings. The maximum absolute atomic E-state index is 11.5. The van der Waals surface area contributed by atoms with Gasteiger partial charge in [0.1, 0.15) is 5.25 Å². The molecule has 0 fully saturated rings. The van der Waals surface area contributed by atoms with Crippen LogP contribution in [0.25, 0.3) is 0 Å². The van der Waals surface area contributed by atoms with E-state index in [0.29, 0.717) is 12.8 Å². The molecule has 0 aliphatic heterocycles. The third-order valence-electron chi connectivity index (χ3n) is 5.01. The van der Waals surface area contributed by atoms with Crippen LogP contribution < -0.4 is 0 Å². The number of hydrogen-bond acceptors (Lipinski definition) is 3. The summed E-state index contributed by atoms with van der Waals surface area (Å²) in [6, 6.07) is 0. The largest absolute Gasteiger partial charge is 0.392 e. The average Bonchev–Trinajstić information content (AvgIpc) is 2.55. The fraction of sp³-hybridized carbons (Fsp3) is 1.00. The Kier molecular flexibility index (Phi) is 16.0. The molecule has 0 saturated heterocycles. The number of unbranched alkanes of at least 4 members (excludes halogenated alkanes) is 12. The lowest BCUT2D eigenvalue weighted by atomic mass is 10.0. The molecule has 0 spiro atoms. The molecule has 25 heavy (non-hydrogen) atoms. The van der Waals surface area contributed by atoms with Crippen LogP contribution in [-0.4, -0.2) is 29.4 Å². The van der Waals surface area contributed by atoms with Crippen LogP contribution >= 0.6 is 0 Å². The van der Waals surface area contributed by atoms with Gasteiger partial charge in [-0.25, -0.2) is 0 Å². The first kappa shape index (κ1) is 24.9. The Morgan fingerprint density at radius 3 is 1.44 bits per heavy atom. The SMILES string of the molecule is CCCCCCCCCCCCCCC(C(O)CCCC)S(=O)(=O)O. The van der Waals surface area contributed by atoms with Gasteiger partial charge in [-0.3, -0.25) is 4.55 Å². The molecule has 0 bridgehead atoms. The van der Waals surface area contributed by atoms with E-state index >= 15 is 0 Å². The van der Waals surface area contributed by atoms with Crippen LogP contribution in [-0.2, 0) is 10.1 Å². The normalized spacial score (nSPS) is 14.6. The third kappa shape index (κ3) is 14.7. The van der Waals surface area contributed by atoms with Crippen molar-refractivity contribution in [3.05, 3.63) is 0 Å². The van der Waals surface area contributed by atoms with E-state index < -0.39 is 21.5 Å². The summed E-state index contributed by atoms with van der Waals surface area (Å²) >= 11 is 0. The fourth-order valence-electron chi connectivity index (χ4n) is 3.33. The smallest absolute Gasteiger partial charge is 0.270 e. The van der Waals surface area contributed by atoms with E-state index in [9.17, 15) is 18.1 Å². The monoisotopic (exact) mass is 378 g/mol. The molecule has 0 amide bonds. The highest BCUT2D eigenvalue weighted by Gasteiger charge is 2.29. The van der Waals surface area contributed by atoms with Crippen molar-refractivity contribution in [2.45, 2.75) is 128 Å². The summed E-state index contributed by atoms with van der Waals surface area (Å²) in [5.41, 5.74) is 0. The van der Waals surface area contributed by atoms with Crippen LogP contribution in [0, 0.1) is 0 Å². The van der Waals surface area contributed by atoms with Crippen LogP contribution in [0.2, 0.25) is 0 Å². The van der Waals surface area contributed by atoms with E-state index in [1.54, 1.807) is 0 Å². The van der Waals surface area contributed by atoms with Crippen LogP contribution in [0.5, 0.6) is 0 Å². The van der Waals surface area contributed by atoms with E-state index in [1.165, 1.54) is 57.8 Å². The van der Waals surface area contributed by atoms with Gasteiger partial charge in [-0.15, -0.1) is 0 Å². The molecule has 152 valence electrons. The van der Waals surface area contributed by atoms with Gasteiger partial charge in [-0.2, -0.15) is 8.42 Å². The molecule has 2 atom stereocenters. The summed E-state index contributed by atoms with van der Waals surface area (Å²) in [6.07, 6.45) is 16.2. The van der Waals surface area contributed by atoms with Crippen molar-refractivity contribution >= 4 is 10.1 Å². The van der Waals surface area contributed by atoms with Gasteiger partial charge in [0.15, 0.2) is 0 Å². The molecule has 0 aliphatic rings. The maximum Gasteiger partial charge on any atom is 0.270 e. The minimum absolute atomic E-state index is 0.362. The summed E-state index contributed by atoms with van der Waals surface area (Å²) in [6.45, 7) is 4.24. The predicted octanol–water partition coefficient (Wildman–Crippen LogP) is 5.89. The van der Waals surface area contributed by atoms with Crippen molar-refractivity contribution in [1.82, 2.24) is 0 Å². The third-order valence-corrected chi connectivity index (χ3v) is 6.32. The highest BCUT2D eigenvalue weighted by atomic mass is 32.2. The molecular formula is C20H42O4S. The molecular weight excluding hydrogens is 336 g/mol. The minimum atomic E-state index is -4.16. The van der Waals surface area contributed by atoms with Gasteiger partial charge in [-0.05, 0) is 12.8 Å². The van der Waals surface area contributed by atoms with Gasteiger partial charge in [0.2, 0.25) is 0 Å². The van der Waals surface area contributed by atoms with Gasteiger partial charge in [-0.1, -0.05) is 104 Å². The fourth-order valence-corrected chi connectivity index (χ4v) is 4.32. The van der Waals surface area contributed by atoms with Crippen molar-refractivity contribution in [2.75, 3.05) is 0 Å². The Bertz CT molecular complexity index is 381. The van der Waals surface area contributed by atoms with Crippen molar-refractivity contribution < 1.29 is 18.1 Å². The van der Waals surface area contributed by atoms with Crippen molar-refractivity contribution in [3.63, 3.8) is 0 Å². The Morgan fingerprint density at radius 2 is 1.04 bits per heavy atom. The molecule has 4 nitrogen and oxygen atoms in total. The molecule has 0 aromatic heterocycles. The lowest BCUT2D eigenvalue weighted by molar-refractivity contribution is 0.147. The van der Waals surface area contributed by atoms with Crippen molar-refractivity contribution in [2.24, 2.45) is 0 Å². The van der Waals surface area contributed by atoms with Gasteiger partial charge >= 0.3 is 0 Å². The molecule has 2 unspecified atom stereocenters. The molecule has 0 aliphatic carbocycles. The zero-order valence-corrected chi connectivity index (χ0v) is 17.4. The molecule has 0 radical (unpaired) electrons. The lowest BCUT2D eigenvalue weighted by Gasteiger charge is -2.20. The summed E-state index contributed by atoms with van der Waals surface area (Å²) in [5, 5.41) is 9.00. The molecule has 0 aromatic carbocycles. The number of aliphatic hydroxyl groups is 1. The van der Waals surface area contributed by atoms with Crippen LogP contribution in [0.15, 0.2) is 0 Å². The Morgan fingerprint density at radius 1 is 0.640 bits per heavy atom. The standard InChI is InChI=1S/C20H42O4S/c1-3-5-7-8-9-10-11-12-13-14-15-16-18-20(25(22,23)24)19(21)17-6-4-2/h19-21H,3-18H2,1-2H3,(H,22,23,24). The van der Waals surface area contributed by atoms with E-state index in [1.807, 2.05) is 6.92 Å². The predicted molar refractivity (Wildman–Crippen MR) is 107 cm³/mol. The van der Waals surface area contributed by atoms with Gasteiger partial charge < -0.3 is 5.11 Å². The zero-order valence-electron chi connectivity index (χ0n) is 16.6. The minimum Gasteiger partial charge on any atom is -0.392 e. The van der Waals surface area contributed by atoms with E-state index in [2.05, 4.69) is 6.92 Å². The number of aliphatic hydroxyl groups excluding tert-OH is 1. The number of hydrogen-bond donors (Lipinski definition) is 2. The molecule has 0 rings (SSSR count). The maximum atomic E-state index is 11.5. The first-order valence-electron chi connectivity index (χ1n) is 10.6. The van der Waals surface area contributed by atoms with Gasteiger partial charge in [0.25, 0.3) is 10.1 Å². The Hall–Kier alpha value is -0.130. The van der Waals surface area contributed by atoms with E-state index in [0.717, 1.165) is 32.1 Å². The van der Waals surface area contributed by atoms with Crippen LogP contribution in [0.4, 0.5) is 0 Å². The summed E-state index contributed by atoms with van der Waals surface area (Å²) in [4.78, 5) is 0. The summed E-state index contributed by atoms with van der Waals surface area (Å²) in [7, 11) is -4.16. The molecule has 0 saturated carbocycles. The first-order valence-corrected chi connectivity index (χ1v) is 12.1. The second-order valence-electron chi connectivity index (χ2n) is 7.44. The first-order chi connectivity index (χ1) is 11.9. The number of rotatable bonds is 18. The van der Waals surface area contributed by atoms with Crippen LogP contribution in [0.3, 0.4) is 0 Å². The van der Waals surface area contributed by atoms with Gasteiger partial charge in [0, 0.05) is 0 Å². The molecule has 0 heterocycles. The van der Waals surface area contributed by atoms with Crippen molar-refractivity contribution in [3.8, 4) is 0 Å². The van der Waals surface area contributed by atoms with Gasteiger partial charge in [0.05, 0.1) is 6.10 Å². The second kappa shape index (κ2) is 16.1. The summed E-state index contributed by atoms with van der Waals surface area (Å²) in [5.74, 6) is 0. The highest BCUT2D eigenvalue weighted by molar-refractivity contribution is 7.86. The zero-order chi connectivity index (χ0) is 19.0. The topological polar surface area (TPSA) is 74.6 Å². The second-order valence-corrected chi connectivity index (χ2v) is 9.08. The average molecular weight is 379 g/mol.